The predicted molar refractivity (Wildman–Crippen MR) is 112 cm³/mol. The van der Waals surface area contributed by atoms with E-state index < -0.39 is 6.10 Å². The molecule has 2 N–H and O–H groups in total. The Hall–Kier alpha value is -2.28. The minimum Gasteiger partial charge on any atom is -0.493 e. The Kier molecular flexibility index (Phi) is 7.75. The maximum absolute atomic E-state index is 10.3. The molecule has 0 amide bonds. The molecule has 6 heteroatoms. The molecule has 6 nitrogen and oxygen atoms in total. The quantitative estimate of drug-likeness (QED) is 0.638. The fourth-order valence-corrected chi connectivity index (χ4v) is 3.74. The van der Waals surface area contributed by atoms with Crippen LogP contribution in [0, 0.1) is 0 Å². The summed E-state index contributed by atoms with van der Waals surface area (Å²) >= 11 is 0. The summed E-state index contributed by atoms with van der Waals surface area (Å²) in [4.78, 5) is 0. The summed E-state index contributed by atoms with van der Waals surface area (Å²) < 4.78 is 22.1. The maximum atomic E-state index is 10.3. The van der Waals surface area contributed by atoms with Crippen LogP contribution in [0.3, 0.4) is 0 Å². The van der Waals surface area contributed by atoms with Gasteiger partial charge in [0.1, 0.15) is 18.5 Å². The van der Waals surface area contributed by atoms with E-state index in [1.165, 1.54) is 5.56 Å². The highest BCUT2D eigenvalue weighted by Crippen LogP contribution is 2.38. The first-order chi connectivity index (χ1) is 14.2. The summed E-state index contributed by atoms with van der Waals surface area (Å²) in [5.41, 5.74) is 1.12. The van der Waals surface area contributed by atoms with E-state index in [1.54, 1.807) is 14.2 Å². The molecule has 2 aromatic rings. The van der Waals surface area contributed by atoms with Gasteiger partial charge in [0, 0.05) is 31.7 Å². The van der Waals surface area contributed by atoms with Crippen LogP contribution in [0.25, 0.3) is 0 Å². The molecule has 2 aromatic carbocycles. The number of aliphatic hydroxyl groups excluding tert-OH is 1. The van der Waals surface area contributed by atoms with Crippen LogP contribution in [0.1, 0.15) is 18.4 Å². The van der Waals surface area contributed by atoms with E-state index in [4.69, 9.17) is 18.9 Å². The number of benzene rings is 2. The van der Waals surface area contributed by atoms with Crippen LogP contribution in [0.2, 0.25) is 0 Å². The number of methoxy groups -OCH3 is 2. The van der Waals surface area contributed by atoms with Gasteiger partial charge < -0.3 is 29.4 Å². The minimum atomic E-state index is -0.586. The van der Waals surface area contributed by atoms with Crippen LogP contribution in [-0.2, 0) is 10.2 Å². The number of aliphatic hydroxyl groups is 1. The molecular weight excluding hydrogens is 370 g/mol. The summed E-state index contributed by atoms with van der Waals surface area (Å²) in [6.07, 6.45) is 1.23. The van der Waals surface area contributed by atoms with Gasteiger partial charge >= 0.3 is 0 Å². The smallest absolute Gasteiger partial charge is 0.161 e. The van der Waals surface area contributed by atoms with Gasteiger partial charge in [-0.25, -0.2) is 0 Å². The fraction of sp³-hybridized carbons (Fsp3) is 0.478. The Morgan fingerprint density at radius 3 is 2.45 bits per heavy atom. The maximum Gasteiger partial charge on any atom is 0.161 e. The molecular formula is C23H31NO5. The molecule has 3 rings (SSSR count). The van der Waals surface area contributed by atoms with E-state index in [9.17, 15) is 5.11 Å². The fourth-order valence-electron chi connectivity index (χ4n) is 3.74. The lowest BCUT2D eigenvalue weighted by Crippen LogP contribution is -2.45. The number of hydrogen-bond donors (Lipinski definition) is 2. The standard InChI is InChI=1S/C23H31NO5/c1-26-21-9-8-18(14-22(21)27-2)23(10-12-28-13-11-23)17-24-15-19(25)16-29-20-6-4-3-5-7-20/h3-9,14,19,24-25H,10-13,15-17H2,1-2H3. The molecule has 0 bridgehead atoms. The third kappa shape index (κ3) is 5.63. The van der Waals surface area contributed by atoms with Crippen molar-refractivity contribution in [2.75, 3.05) is 47.1 Å². The van der Waals surface area contributed by atoms with Crippen LogP contribution >= 0.6 is 0 Å². The van der Waals surface area contributed by atoms with Gasteiger partial charge in [0.2, 0.25) is 0 Å². The molecule has 0 aromatic heterocycles. The lowest BCUT2D eigenvalue weighted by molar-refractivity contribution is 0.0469. The van der Waals surface area contributed by atoms with Crippen molar-refractivity contribution in [3.8, 4) is 17.2 Å². The van der Waals surface area contributed by atoms with Crippen LogP contribution in [0.5, 0.6) is 17.2 Å². The number of nitrogens with one attached hydrogen (secondary N) is 1. The molecule has 0 spiro atoms. The van der Waals surface area contributed by atoms with Crippen LogP contribution in [0.4, 0.5) is 0 Å². The van der Waals surface area contributed by atoms with Crippen molar-refractivity contribution in [2.24, 2.45) is 0 Å². The average molecular weight is 402 g/mol. The second-order valence-electron chi connectivity index (χ2n) is 7.37. The molecule has 1 saturated heterocycles. The SMILES string of the molecule is COc1ccc(C2(CNCC(O)COc3ccccc3)CCOCC2)cc1OC. The third-order valence-corrected chi connectivity index (χ3v) is 5.47. The number of ether oxygens (including phenoxy) is 4. The van der Waals surface area contributed by atoms with Gasteiger partial charge in [-0.15, -0.1) is 0 Å². The van der Waals surface area contributed by atoms with Crippen molar-refractivity contribution in [3.05, 3.63) is 54.1 Å². The second kappa shape index (κ2) is 10.5. The van der Waals surface area contributed by atoms with Crippen molar-refractivity contribution in [3.63, 3.8) is 0 Å². The average Bonchev–Trinajstić information content (AvgIpc) is 2.78. The molecule has 0 radical (unpaired) electrons. The molecule has 1 aliphatic heterocycles. The van der Waals surface area contributed by atoms with Gasteiger partial charge in [0.15, 0.2) is 11.5 Å². The Morgan fingerprint density at radius 1 is 1.03 bits per heavy atom. The minimum absolute atomic E-state index is 0.0716. The van der Waals surface area contributed by atoms with Crippen molar-refractivity contribution in [1.29, 1.82) is 0 Å². The highest BCUT2D eigenvalue weighted by molar-refractivity contribution is 5.45. The Morgan fingerprint density at radius 2 is 1.76 bits per heavy atom. The summed E-state index contributed by atoms with van der Waals surface area (Å²) in [6, 6.07) is 15.6. The lowest BCUT2D eigenvalue weighted by Gasteiger charge is -2.38. The molecule has 1 heterocycles. The summed E-state index contributed by atoms with van der Waals surface area (Å²) in [6.45, 7) is 2.89. The number of hydrogen-bond acceptors (Lipinski definition) is 6. The van der Waals surface area contributed by atoms with Gasteiger partial charge in [-0.3, -0.25) is 0 Å². The predicted octanol–water partition coefficient (Wildman–Crippen LogP) is 2.78. The highest BCUT2D eigenvalue weighted by Gasteiger charge is 2.35. The van der Waals surface area contributed by atoms with Crippen molar-refractivity contribution in [1.82, 2.24) is 5.32 Å². The second-order valence-corrected chi connectivity index (χ2v) is 7.37. The van der Waals surface area contributed by atoms with Crippen LogP contribution in [-0.4, -0.2) is 58.3 Å². The molecule has 0 aliphatic carbocycles. The topological polar surface area (TPSA) is 69.2 Å². The first-order valence-electron chi connectivity index (χ1n) is 10.0. The summed E-state index contributed by atoms with van der Waals surface area (Å²) in [7, 11) is 3.29. The van der Waals surface area contributed by atoms with Crippen molar-refractivity contribution >= 4 is 0 Å². The molecule has 1 fully saturated rings. The Labute approximate surface area is 172 Å². The van der Waals surface area contributed by atoms with E-state index in [0.29, 0.717) is 6.54 Å². The lowest BCUT2D eigenvalue weighted by atomic mass is 9.74. The van der Waals surface area contributed by atoms with Gasteiger partial charge in [-0.2, -0.15) is 0 Å². The van der Waals surface area contributed by atoms with E-state index >= 15 is 0 Å². The molecule has 0 saturated carbocycles. The highest BCUT2D eigenvalue weighted by atomic mass is 16.5. The zero-order valence-corrected chi connectivity index (χ0v) is 17.2. The molecule has 158 valence electrons. The first kappa shape index (κ1) is 21.4. The zero-order valence-electron chi connectivity index (χ0n) is 17.2. The summed E-state index contributed by atoms with van der Waals surface area (Å²) in [5, 5.41) is 13.7. The molecule has 29 heavy (non-hydrogen) atoms. The Balaban J connectivity index is 1.60. The van der Waals surface area contributed by atoms with Gasteiger partial charge in [-0.1, -0.05) is 24.3 Å². The normalized spacial score (nSPS) is 16.8. The monoisotopic (exact) mass is 401 g/mol. The molecule has 1 unspecified atom stereocenters. The number of rotatable bonds is 10. The van der Waals surface area contributed by atoms with Crippen LogP contribution < -0.4 is 19.5 Å². The zero-order chi connectivity index (χ0) is 20.5. The molecule has 1 aliphatic rings. The molecule has 1 atom stereocenters. The van der Waals surface area contributed by atoms with Crippen molar-refractivity contribution < 1.29 is 24.1 Å². The van der Waals surface area contributed by atoms with Gasteiger partial charge in [-0.05, 0) is 42.7 Å². The van der Waals surface area contributed by atoms with E-state index in [0.717, 1.165) is 49.8 Å². The Bertz CT molecular complexity index is 746. The van der Waals surface area contributed by atoms with E-state index in [-0.39, 0.29) is 12.0 Å². The third-order valence-electron chi connectivity index (χ3n) is 5.47. The van der Waals surface area contributed by atoms with E-state index in [2.05, 4.69) is 17.4 Å². The summed E-state index contributed by atoms with van der Waals surface area (Å²) in [5.74, 6) is 2.21. The van der Waals surface area contributed by atoms with Crippen LogP contribution in [0.15, 0.2) is 48.5 Å². The largest absolute Gasteiger partial charge is 0.493 e. The first-order valence-corrected chi connectivity index (χ1v) is 10.0. The van der Waals surface area contributed by atoms with Gasteiger partial charge in [0.25, 0.3) is 0 Å². The van der Waals surface area contributed by atoms with E-state index in [1.807, 2.05) is 36.4 Å². The van der Waals surface area contributed by atoms with Crippen molar-refractivity contribution in [2.45, 2.75) is 24.4 Å². The van der Waals surface area contributed by atoms with Gasteiger partial charge in [0.05, 0.1) is 14.2 Å². The number of para-hydroxylation sites is 1.